The zero-order valence-corrected chi connectivity index (χ0v) is 13.2. The SMILES string of the molecule is COc1ccc(CN2CC(C(=O)O)Oc3ccc(C)cc32)cc1. The molecule has 0 saturated carbocycles. The molecule has 0 amide bonds. The van der Waals surface area contributed by atoms with Crippen LogP contribution in [0.2, 0.25) is 0 Å². The number of rotatable bonds is 4. The highest BCUT2D eigenvalue weighted by Gasteiger charge is 2.30. The molecule has 1 N–H and O–H groups in total. The quantitative estimate of drug-likeness (QED) is 0.940. The Balaban J connectivity index is 1.89. The summed E-state index contributed by atoms with van der Waals surface area (Å²) >= 11 is 0. The minimum absolute atomic E-state index is 0.317. The van der Waals surface area contributed by atoms with Gasteiger partial charge in [0.2, 0.25) is 6.10 Å². The van der Waals surface area contributed by atoms with Crippen molar-refractivity contribution in [1.29, 1.82) is 0 Å². The minimum atomic E-state index is -0.948. The fourth-order valence-corrected chi connectivity index (χ4v) is 2.69. The molecule has 0 bridgehead atoms. The first-order valence-electron chi connectivity index (χ1n) is 7.45. The number of aliphatic carboxylic acids is 1. The molecule has 3 rings (SSSR count). The van der Waals surface area contributed by atoms with Crippen molar-refractivity contribution in [2.24, 2.45) is 0 Å². The van der Waals surface area contributed by atoms with Crippen LogP contribution >= 0.6 is 0 Å². The molecule has 1 unspecified atom stereocenters. The van der Waals surface area contributed by atoms with E-state index in [1.54, 1.807) is 7.11 Å². The summed E-state index contributed by atoms with van der Waals surface area (Å²) in [5.41, 5.74) is 3.13. The van der Waals surface area contributed by atoms with Crippen molar-refractivity contribution >= 4 is 11.7 Å². The number of carboxylic acids is 1. The first-order chi connectivity index (χ1) is 11.1. The lowest BCUT2D eigenvalue weighted by Crippen LogP contribution is -2.44. The van der Waals surface area contributed by atoms with Crippen molar-refractivity contribution in [2.45, 2.75) is 19.6 Å². The van der Waals surface area contributed by atoms with E-state index in [0.717, 1.165) is 22.6 Å². The molecule has 1 atom stereocenters. The first-order valence-corrected chi connectivity index (χ1v) is 7.45. The Bertz CT molecular complexity index is 711. The van der Waals surface area contributed by atoms with Crippen molar-refractivity contribution in [3.05, 3.63) is 53.6 Å². The normalized spacial score (nSPS) is 16.4. The molecular formula is C18H19NO4. The smallest absolute Gasteiger partial charge is 0.346 e. The molecule has 1 heterocycles. The first kappa shape index (κ1) is 15.2. The van der Waals surface area contributed by atoms with Gasteiger partial charge in [0.05, 0.1) is 19.3 Å². The van der Waals surface area contributed by atoms with Gasteiger partial charge in [0, 0.05) is 6.54 Å². The van der Waals surface area contributed by atoms with Crippen molar-refractivity contribution in [1.82, 2.24) is 0 Å². The molecule has 0 radical (unpaired) electrons. The standard InChI is InChI=1S/C18H19NO4/c1-12-3-8-16-15(9-12)19(11-17(23-16)18(20)21)10-13-4-6-14(22-2)7-5-13/h3-9,17H,10-11H2,1-2H3,(H,20,21). The molecule has 23 heavy (non-hydrogen) atoms. The average molecular weight is 313 g/mol. The van der Waals surface area contributed by atoms with E-state index in [9.17, 15) is 9.90 Å². The number of ether oxygens (including phenoxy) is 2. The average Bonchev–Trinajstić information content (AvgIpc) is 2.55. The number of carbonyl (C=O) groups is 1. The third-order valence-electron chi connectivity index (χ3n) is 3.92. The van der Waals surface area contributed by atoms with E-state index in [1.165, 1.54) is 0 Å². The van der Waals surface area contributed by atoms with Gasteiger partial charge in [-0.3, -0.25) is 0 Å². The van der Waals surface area contributed by atoms with E-state index in [4.69, 9.17) is 9.47 Å². The number of fused-ring (bicyclic) bond motifs is 1. The van der Waals surface area contributed by atoms with Crippen molar-refractivity contribution in [3.8, 4) is 11.5 Å². The van der Waals surface area contributed by atoms with Crippen molar-refractivity contribution < 1.29 is 19.4 Å². The molecule has 2 aromatic rings. The monoisotopic (exact) mass is 313 g/mol. The van der Waals surface area contributed by atoms with Crippen LogP contribution in [0.1, 0.15) is 11.1 Å². The van der Waals surface area contributed by atoms with Gasteiger partial charge in [0.15, 0.2) is 0 Å². The van der Waals surface area contributed by atoms with Crippen LogP contribution in [0.5, 0.6) is 11.5 Å². The highest BCUT2D eigenvalue weighted by atomic mass is 16.5. The van der Waals surface area contributed by atoms with Crippen LogP contribution in [-0.2, 0) is 11.3 Å². The fraction of sp³-hybridized carbons (Fsp3) is 0.278. The molecule has 1 aliphatic rings. The maximum atomic E-state index is 11.3. The second-order valence-corrected chi connectivity index (χ2v) is 5.64. The van der Waals surface area contributed by atoms with Crippen molar-refractivity contribution in [3.63, 3.8) is 0 Å². The predicted molar refractivity (Wildman–Crippen MR) is 87.3 cm³/mol. The topological polar surface area (TPSA) is 59.0 Å². The Morgan fingerprint density at radius 2 is 2.04 bits per heavy atom. The van der Waals surface area contributed by atoms with Gasteiger partial charge in [0.1, 0.15) is 11.5 Å². The summed E-state index contributed by atoms with van der Waals surface area (Å²) in [6, 6.07) is 13.6. The molecule has 1 aliphatic heterocycles. The summed E-state index contributed by atoms with van der Waals surface area (Å²) in [7, 11) is 1.63. The van der Waals surface area contributed by atoms with Gasteiger partial charge in [-0.05, 0) is 42.3 Å². The molecule has 0 saturated heterocycles. The van der Waals surface area contributed by atoms with Gasteiger partial charge in [-0.15, -0.1) is 0 Å². The predicted octanol–water partition coefficient (Wildman–Crippen LogP) is 2.86. The third-order valence-corrected chi connectivity index (χ3v) is 3.92. The number of hydrogen-bond acceptors (Lipinski definition) is 4. The molecule has 0 spiro atoms. The fourth-order valence-electron chi connectivity index (χ4n) is 2.69. The summed E-state index contributed by atoms with van der Waals surface area (Å²) in [6.07, 6.45) is -0.858. The molecule has 5 nitrogen and oxygen atoms in total. The summed E-state index contributed by atoms with van der Waals surface area (Å²) in [5, 5.41) is 9.30. The van der Waals surface area contributed by atoms with Crippen LogP contribution in [0.15, 0.2) is 42.5 Å². The minimum Gasteiger partial charge on any atom is -0.497 e. The van der Waals surface area contributed by atoms with E-state index in [-0.39, 0.29) is 0 Å². The van der Waals surface area contributed by atoms with Crippen LogP contribution in [0.3, 0.4) is 0 Å². The Kier molecular flexibility index (Phi) is 4.10. The Hall–Kier alpha value is -2.69. The zero-order valence-electron chi connectivity index (χ0n) is 13.2. The number of aryl methyl sites for hydroxylation is 1. The van der Waals surface area contributed by atoms with E-state index >= 15 is 0 Å². The molecule has 0 fully saturated rings. The number of nitrogens with zero attached hydrogens (tertiary/aromatic N) is 1. The van der Waals surface area contributed by atoms with Crippen LogP contribution in [0.25, 0.3) is 0 Å². The molecule has 0 aromatic heterocycles. The van der Waals surface area contributed by atoms with Gasteiger partial charge < -0.3 is 19.5 Å². The van der Waals surface area contributed by atoms with Gasteiger partial charge >= 0.3 is 5.97 Å². The van der Waals surface area contributed by atoms with Gasteiger partial charge in [-0.2, -0.15) is 0 Å². The van der Waals surface area contributed by atoms with E-state index in [0.29, 0.717) is 18.8 Å². The largest absolute Gasteiger partial charge is 0.497 e. The maximum absolute atomic E-state index is 11.3. The second-order valence-electron chi connectivity index (χ2n) is 5.64. The Morgan fingerprint density at radius 3 is 2.70 bits per heavy atom. The van der Waals surface area contributed by atoms with Gasteiger partial charge in [0.25, 0.3) is 0 Å². The Labute approximate surface area is 135 Å². The summed E-state index contributed by atoms with van der Waals surface area (Å²) < 4.78 is 10.8. The highest BCUT2D eigenvalue weighted by Crippen LogP contribution is 2.35. The second kappa shape index (κ2) is 6.20. The molecule has 5 heteroatoms. The Morgan fingerprint density at radius 1 is 1.30 bits per heavy atom. The van der Waals surface area contributed by atoms with Gasteiger partial charge in [-0.1, -0.05) is 18.2 Å². The van der Waals surface area contributed by atoms with Crippen LogP contribution < -0.4 is 14.4 Å². The van der Waals surface area contributed by atoms with Crippen molar-refractivity contribution in [2.75, 3.05) is 18.6 Å². The molecular weight excluding hydrogens is 294 g/mol. The number of hydrogen-bond donors (Lipinski definition) is 1. The third kappa shape index (κ3) is 3.23. The number of methoxy groups -OCH3 is 1. The van der Waals surface area contributed by atoms with E-state index in [1.807, 2.05) is 54.3 Å². The molecule has 2 aromatic carbocycles. The molecule has 120 valence electrons. The van der Waals surface area contributed by atoms with E-state index in [2.05, 4.69) is 0 Å². The van der Waals surface area contributed by atoms with Crippen LogP contribution in [0, 0.1) is 6.92 Å². The lowest BCUT2D eigenvalue weighted by molar-refractivity contribution is -0.144. The summed E-state index contributed by atoms with van der Waals surface area (Å²) in [4.78, 5) is 13.4. The van der Waals surface area contributed by atoms with E-state index < -0.39 is 12.1 Å². The number of benzene rings is 2. The lowest BCUT2D eigenvalue weighted by atomic mass is 10.1. The van der Waals surface area contributed by atoms with Crippen LogP contribution in [0.4, 0.5) is 5.69 Å². The highest BCUT2D eigenvalue weighted by molar-refractivity contribution is 5.76. The zero-order chi connectivity index (χ0) is 16.4. The summed E-state index contributed by atoms with van der Waals surface area (Å²) in [5.74, 6) is 0.467. The number of carboxylic acid groups (broad SMARTS) is 1. The molecule has 0 aliphatic carbocycles. The van der Waals surface area contributed by atoms with Crippen LogP contribution in [-0.4, -0.2) is 30.8 Å². The lowest BCUT2D eigenvalue weighted by Gasteiger charge is -2.35. The summed E-state index contributed by atoms with van der Waals surface area (Å²) in [6.45, 7) is 2.94. The number of anilines is 1. The van der Waals surface area contributed by atoms with Gasteiger partial charge in [-0.25, -0.2) is 4.79 Å². The maximum Gasteiger partial charge on any atom is 0.346 e.